The molecular weight excluding hydrogens is 300 g/mol. The van der Waals surface area contributed by atoms with E-state index in [-0.39, 0.29) is 17.3 Å². The number of hydrogen-bond acceptors (Lipinski definition) is 4. The number of aromatic hydroxyl groups is 1. The molecule has 3 aromatic rings. The Hall–Kier alpha value is -2.37. The summed E-state index contributed by atoms with van der Waals surface area (Å²) in [6.07, 6.45) is 0. The van der Waals surface area contributed by atoms with Crippen LogP contribution in [0.1, 0.15) is 5.56 Å². The molecule has 0 bridgehead atoms. The zero-order chi connectivity index (χ0) is 15.6. The molecule has 0 fully saturated rings. The Morgan fingerprint density at radius 3 is 2.18 bits per heavy atom. The highest BCUT2D eigenvalue weighted by molar-refractivity contribution is 7.87. The predicted octanol–water partition coefficient (Wildman–Crippen LogP) is 3.45. The minimum Gasteiger partial charge on any atom is -0.507 e. The number of fused-ring (bicyclic) bond motifs is 1. The van der Waals surface area contributed by atoms with E-state index in [0.29, 0.717) is 10.8 Å². The van der Waals surface area contributed by atoms with Gasteiger partial charge in [-0.1, -0.05) is 54.6 Å². The maximum absolute atomic E-state index is 12.4. The zero-order valence-corrected chi connectivity index (χ0v) is 12.5. The molecule has 0 saturated heterocycles. The molecule has 0 saturated carbocycles. The molecule has 0 aliphatic rings. The summed E-state index contributed by atoms with van der Waals surface area (Å²) in [4.78, 5) is 0.0526. The van der Waals surface area contributed by atoms with Gasteiger partial charge in [-0.2, -0.15) is 8.42 Å². The molecule has 0 aliphatic heterocycles. The van der Waals surface area contributed by atoms with Crippen LogP contribution in [0.3, 0.4) is 0 Å². The second-order valence-electron chi connectivity index (χ2n) is 4.83. The van der Waals surface area contributed by atoms with Crippen molar-refractivity contribution in [2.45, 2.75) is 11.5 Å². The highest BCUT2D eigenvalue weighted by atomic mass is 32.2. The lowest BCUT2D eigenvalue weighted by molar-refractivity contribution is 0.308. The monoisotopic (exact) mass is 314 g/mol. The zero-order valence-electron chi connectivity index (χ0n) is 11.6. The van der Waals surface area contributed by atoms with E-state index >= 15 is 0 Å². The van der Waals surface area contributed by atoms with Gasteiger partial charge in [0.1, 0.15) is 10.6 Å². The van der Waals surface area contributed by atoms with E-state index in [4.69, 9.17) is 4.18 Å². The van der Waals surface area contributed by atoms with Gasteiger partial charge in [-0.3, -0.25) is 4.18 Å². The molecule has 0 spiro atoms. The maximum atomic E-state index is 12.4. The van der Waals surface area contributed by atoms with E-state index < -0.39 is 10.1 Å². The van der Waals surface area contributed by atoms with Crippen molar-refractivity contribution >= 4 is 20.9 Å². The molecule has 3 rings (SSSR count). The first-order valence-corrected chi connectivity index (χ1v) is 8.13. The summed E-state index contributed by atoms with van der Waals surface area (Å²) in [5.74, 6) is 0.0395. The average Bonchev–Trinajstić information content (AvgIpc) is 2.54. The molecule has 5 heteroatoms. The molecule has 0 aliphatic carbocycles. The molecule has 0 amide bonds. The fourth-order valence-corrected chi connectivity index (χ4v) is 3.36. The smallest absolute Gasteiger partial charge is 0.297 e. The lowest BCUT2D eigenvalue weighted by atomic mass is 10.1. The van der Waals surface area contributed by atoms with Gasteiger partial charge in [0.15, 0.2) is 0 Å². The van der Waals surface area contributed by atoms with E-state index in [1.54, 1.807) is 36.4 Å². The summed E-state index contributed by atoms with van der Waals surface area (Å²) in [5, 5.41) is 10.8. The summed E-state index contributed by atoms with van der Waals surface area (Å²) in [6.45, 7) is -0.0294. The first-order valence-electron chi connectivity index (χ1n) is 6.72. The number of benzene rings is 3. The van der Waals surface area contributed by atoms with Crippen molar-refractivity contribution in [3.63, 3.8) is 0 Å². The molecule has 1 N–H and O–H groups in total. The van der Waals surface area contributed by atoms with Gasteiger partial charge in [0.05, 0.1) is 6.61 Å². The lowest BCUT2D eigenvalue weighted by Crippen LogP contribution is -2.07. The quantitative estimate of drug-likeness (QED) is 0.749. The second kappa shape index (κ2) is 5.79. The SMILES string of the molecule is O=S(=O)(OCc1ccccc1)c1ccc(O)c2ccccc12. The van der Waals surface area contributed by atoms with Crippen LogP contribution in [0.5, 0.6) is 5.75 Å². The summed E-state index contributed by atoms with van der Waals surface area (Å²) in [6, 6.07) is 18.6. The molecule has 4 nitrogen and oxygen atoms in total. The molecule has 3 aromatic carbocycles. The highest BCUT2D eigenvalue weighted by Crippen LogP contribution is 2.31. The third kappa shape index (κ3) is 2.81. The van der Waals surface area contributed by atoms with Crippen LogP contribution in [0, 0.1) is 0 Å². The molecule has 0 aromatic heterocycles. The fraction of sp³-hybridized carbons (Fsp3) is 0.0588. The van der Waals surface area contributed by atoms with Crippen molar-refractivity contribution in [2.24, 2.45) is 0 Å². The van der Waals surface area contributed by atoms with Gasteiger partial charge in [0.25, 0.3) is 10.1 Å². The summed E-state index contributed by atoms with van der Waals surface area (Å²) in [5.41, 5.74) is 0.772. The normalized spacial score (nSPS) is 11.6. The van der Waals surface area contributed by atoms with Gasteiger partial charge in [-0.25, -0.2) is 0 Å². The van der Waals surface area contributed by atoms with Crippen LogP contribution in [0.2, 0.25) is 0 Å². The van der Waals surface area contributed by atoms with Gasteiger partial charge in [-0.05, 0) is 17.7 Å². The van der Waals surface area contributed by atoms with Crippen molar-refractivity contribution < 1.29 is 17.7 Å². The topological polar surface area (TPSA) is 63.6 Å². The van der Waals surface area contributed by atoms with Crippen molar-refractivity contribution in [3.8, 4) is 5.75 Å². The molecule has 0 atom stereocenters. The van der Waals surface area contributed by atoms with Crippen LogP contribution in [0.25, 0.3) is 10.8 Å². The third-order valence-corrected chi connectivity index (χ3v) is 4.68. The Balaban J connectivity index is 1.98. The molecule has 0 heterocycles. The van der Waals surface area contributed by atoms with Crippen molar-refractivity contribution in [1.82, 2.24) is 0 Å². The lowest BCUT2D eigenvalue weighted by Gasteiger charge is -2.09. The van der Waals surface area contributed by atoms with E-state index in [2.05, 4.69) is 0 Å². The number of rotatable bonds is 4. The van der Waals surface area contributed by atoms with Crippen LogP contribution in [0.15, 0.2) is 71.6 Å². The highest BCUT2D eigenvalue weighted by Gasteiger charge is 2.19. The van der Waals surface area contributed by atoms with Crippen LogP contribution in [-0.4, -0.2) is 13.5 Å². The summed E-state index contributed by atoms with van der Waals surface area (Å²) in [7, 11) is -3.91. The fourth-order valence-electron chi connectivity index (χ4n) is 2.26. The third-order valence-electron chi connectivity index (χ3n) is 3.35. The number of phenols is 1. The van der Waals surface area contributed by atoms with E-state index in [1.807, 2.05) is 18.2 Å². The largest absolute Gasteiger partial charge is 0.507 e. The predicted molar refractivity (Wildman–Crippen MR) is 84.0 cm³/mol. The van der Waals surface area contributed by atoms with Crippen LogP contribution < -0.4 is 0 Å². The van der Waals surface area contributed by atoms with Gasteiger partial charge in [0, 0.05) is 10.8 Å². The Kier molecular flexibility index (Phi) is 3.83. The molecule has 22 heavy (non-hydrogen) atoms. The minimum absolute atomic E-state index is 0.0294. The van der Waals surface area contributed by atoms with Crippen LogP contribution in [-0.2, 0) is 20.9 Å². The summed E-state index contributed by atoms with van der Waals surface area (Å²) < 4.78 is 30.0. The molecular formula is C17H14O4S. The van der Waals surface area contributed by atoms with E-state index in [1.165, 1.54) is 12.1 Å². The Bertz CT molecular complexity index is 902. The van der Waals surface area contributed by atoms with Gasteiger partial charge in [0.2, 0.25) is 0 Å². The van der Waals surface area contributed by atoms with Crippen molar-refractivity contribution in [1.29, 1.82) is 0 Å². The molecule has 0 radical (unpaired) electrons. The van der Waals surface area contributed by atoms with Gasteiger partial charge >= 0.3 is 0 Å². The van der Waals surface area contributed by atoms with E-state index in [0.717, 1.165) is 5.56 Å². The van der Waals surface area contributed by atoms with Gasteiger partial charge in [-0.15, -0.1) is 0 Å². The Labute approximate surface area is 128 Å². The second-order valence-corrected chi connectivity index (χ2v) is 6.41. The van der Waals surface area contributed by atoms with Crippen LogP contribution >= 0.6 is 0 Å². The molecule has 112 valence electrons. The number of hydrogen-bond donors (Lipinski definition) is 1. The Morgan fingerprint density at radius 2 is 1.45 bits per heavy atom. The average molecular weight is 314 g/mol. The van der Waals surface area contributed by atoms with Gasteiger partial charge < -0.3 is 5.11 Å². The Morgan fingerprint density at radius 1 is 0.818 bits per heavy atom. The van der Waals surface area contributed by atoms with Crippen LogP contribution in [0.4, 0.5) is 0 Å². The first kappa shape index (κ1) is 14.6. The standard InChI is InChI=1S/C17H14O4S/c18-16-10-11-17(15-9-5-4-8-14(15)16)22(19,20)21-12-13-6-2-1-3-7-13/h1-11,18H,12H2. The first-order chi connectivity index (χ1) is 10.6. The maximum Gasteiger partial charge on any atom is 0.297 e. The van der Waals surface area contributed by atoms with Crippen molar-refractivity contribution in [2.75, 3.05) is 0 Å². The number of phenolic OH excluding ortho intramolecular Hbond substituents is 1. The van der Waals surface area contributed by atoms with E-state index in [9.17, 15) is 13.5 Å². The van der Waals surface area contributed by atoms with Crippen molar-refractivity contribution in [3.05, 3.63) is 72.3 Å². The molecule has 0 unspecified atom stereocenters. The minimum atomic E-state index is -3.91. The summed E-state index contributed by atoms with van der Waals surface area (Å²) >= 11 is 0.